The molecule has 0 fully saturated rings. The third-order valence-electron chi connectivity index (χ3n) is 5.81. The lowest BCUT2D eigenvalue weighted by atomic mass is 9.93. The van der Waals surface area contributed by atoms with E-state index in [0.29, 0.717) is 30.4 Å². The molecular weight excluding hydrogens is 420 g/mol. The van der Waals surface area contributed by atoms with Crippen molar-refractivity contribution in [2.45, 2.75) is 13.2 Å². The van der Waals surface area contributed by atoms with Gasteiger partial charge in [-0.2, -0.15) is 0 Å². The fourth-order valence-corrected chi connectivity index (χ4v) is 4.18. The Bertz CT molecular complexity index is 1400. The number of aromatic carboxylic acids is 1. The van der Waals surface area contributed by atoms with Crippen molar-refractivity contribution in [2.24, 2.45) is 0 Å². The number of hydrogen-bond donors (Lipinski definition) is 1. The minimum atomic E-state index is -0.978. The van der Waals surface area contributed by atoms with E-state index in [1.807, 2.05) is 41.0 Å². The fourth-order valence-electron chi connectivity index (χ4n) is 4.18. The Morgan fingerprint density at radius 2 is 1.97 bits per heavy atom. The summed E-state index contributed by atoms with van der Waals surface area (Å²) in [6.07, 6.45) is 3.83. The third kappa shape index (κ3) is 3.67. The summed E-state index contributed by atoms with van der Waals surface area (Å²) in [6, 6.07) is 16.7. The van der Waals surface area contributed by atoms with Crippen molar-refractivity contribution >= 4 is 22.6 Å². The van der Waals surface area contributed by atoms with Gasteiger partial charge in [0.15, 0.2) is 0 Å². The predicted octanol–water partition coefficient (Wildman–Crippen LogP) is 4.78. The van der Waals surface area contributed by atoms with Crippen LogP contribution < -0.4 is 14.2 Å². The normalized spacial score (nSPS) is 13.7. The highest BCUT2D eigenvalue weighted by Crippen LogP contribution is 2.38. The molecule has 0 atom stereocenters. The van der Waals surface area contributed by atoms with Gasteiger partial charge in [0.05, 0.1) is 31.6 Å². The third-order valence-corrected chi connectivity index (χ3v) is 5.81. The van der Waals surface area contributed by atoms with E-state index in [0.717, 1.165) is 33.3 Å². The smallest absolute Gasteiger partial charge is 0.335 e. The van der Waals surface area contributed by atoms with Crippen LogP contribution in [0.25, 0.3) is 16.6 Å². The molecule has 0 amide bonds. The van der Waals surface area contributed by atoms with Crippen LogP contribution in [0, 0.1) is 0 Å². The monoisotopic (exact) mass is 442 g/mol. The number of benzene rings is 3. The van der Waals surface area contributed by atoms with Crippen LogP contribution in [0.15, 0.2) is 67.0 Å². The van der Waals surface area contributed by atoms with Crippen molar-refractivity contribution in [2.75, 3.05) is 14.2 Å². The molecule has 3 aromatic carbocycles. The van der Waals surface area contributed by atoms with Crippen LogP contribution in [0.3, 0.4) is 0 Å². The van der Waals surface area contributed by atoms with Crippen LogP contribution in [0.1, 0.15) is 27.0 Å². The van der Waals surface area contributed by atoms with Gasteiger partial charge in [-0.1, -0.05) is 30.3 Å². The van der Waals surface area contributed by atoms with Crippen molar-refractivity contribution in [1.29, 1.82) is 0 Å². The molecule has 166 valence electrons. The maximum absolute atomic E-state index is 11.6. The Balaban J connectivity index is 1.65. The molecule has 0 saturated heterocycles. The molecule has 1 aliphatic heterocycles. The number of methoxy groups -OCH3 is 2. The molecule has 0 radical (unpaired) electrons. The lowest BCUT2D eigenvalue weighted by molar-refractivity contribution is 0.0697. The summed E-state index contributed by atoms with van der Waals surface area (Å²) in [5.74, 6) is 1.01. The Morgan fingerprint density at radius 1 is 1.12 bits per heavy atom. The van der Waals surface area contributed by atoms with Crippen molar-refractivity contribution in [3.05, 3.63) is 89.3 Å². The van der Waals surface area contributed by atoms with Gasteiger partial charge in [0.2, 0.25) is 0 Å². The number of carbonyl (C=O) groups is 1. The Hall–Kier alpha value is -4.26. The van der Waals surface area contributed by atoms with E-state index in [1.165, 1.54) is 0 Å². The zero-order valence-corrected chi connectivity index (χ0v) is 18.2. The van der Waals surface area contributed by atoms with Gasteiger partial charge in [-0.05, 0) is 34.9 Å². The van der Waals surface area contributed by atoms with Crippen LogP contribution in [-0.4, -0.2) is 34.8 Å². The molecule has 7 heteroatoms. The van der Waals surface area contributed by atoms with Gasteiger partial charge in [0, 0.05) is 24.2 Å². The minimum absolute atomic E-state index is 0.212. The molecule has 2 heterocycles. The maximum Gasteiger partial charge on any atom is 0.335 e. The van der Waals surface area contributed by atoms with Gasteiger partial charge in [-0.25, -0.2) is 9.78 Å². The van der Waals surface area contributed by atoms with Crippen LogP contribution in [-0.2, 0) is 13.2 Å². The van der Waals surface area contributed by atoms with Crippen molar-refractivity contribution in [1.82, 2.24) is 9.55 Å². The first-order chi connectivity index (χ1) is 16.1. The molecule has 4 aromatic rings. The summed E-state index contributed by atoms with van der Waals surface area (Å²) in [5, 5.41) is 9.54. The number of ether oxygens (including phenoxy) is 3. The summed E-state index contributed by atoms with van der Waals surface area (Å²) < 4.78 is 19.0. The molecule has 0 unspecified atom stereocenters. The number of rotatable bonds is 5. The summed E-state index contributed by atoms with van der Waals surface area (Å²) in [6.45, 7) is 0.911. The van der Waals surface area contributed by atoms with Gasteiger partial charge in [-0.15, -0.1) is 0 Å². The quantitative estimate of drug-likeness (QED) is 0.479. The number of hydrogen-bond acceptors (Lipinski definition) is 5. The molecule has 1 aromatic heterocycles. The number of allylic oxidation sites excluding steroid dienone is 1. The second-order valence-electron chi connectivity index (χ2n) is 7.67. The first-order valence-electron chi connectivity index (χ1n) is 10.4. The van der Waals surface area contributed by atoms with E-state index in [4.69, 9.17) is 14.2 Å². The molecule has 1 N–H and O–H groups in total. The van der Waals surface area contributed by atoms with E-state index in [9.17, 15) is 9.90 Å². The summed E-state index contributed by atoms with van der Waals surface area (Å²) >= 11 is 0. The van der Waals surface area contributed by atoms with E-state index in [-0.39, 0.29) is 5.56 Å². The Labute approximate surface area is 190 Å². The van der Waals surface area contributed by atoms with Gasteiger partial charge >= 0.3 is 5.97 Å². The van der Waals surface area contributed by atoms with Crippen molar-refractivity contribution in [3.63, 3.8) is 0 Å². The zero-order valence-electron chi connectivity index (χ0n) is 18.2. The number of carboxylic acids is 1. The molecule has 0 saturated carbocycles. The minimum Gasteiger partial charge on any atom is -0.497 e. The number of fused-ring (bicyclic) bond motifs is 3. The summed E-state index contributed by atoms with van der Waals surface area (Å²) in [4.78, 5) is 16.2. The van der Waals surface area contributed by atoms with Crippen LogP contribution >= 0.6 is 0 Å². The molecule has 0 spiro atoms. The first kappa shape index (κ1) is 20.6. The first-order valence-corrected chi connectivity index (χ1v) is 10.4. The van der Waals surface area contributed by atoms with Crippen LogP contribution in [0.2, 0.25) is 0 Å². The number of imidazole rings is 1. The average Bonchev–Trinajstić information content (AvgIpc) is 3.18. The fraction of sp³-hybridized carbons (Fsp3) is 0.154. The number of nitrogens with zero attached hydrogens (tertiary/aromatic N) is 2. The van der Waals surface area contributed by atoms with E-state index in [1.54, 1.807) is 38.7 Å². The SMILES string of the molecule is COc1cc(OC)c2c(c1)ncn2CC=C1c2ccccc2COc2ccc(C(=O)O)cc21. The van der Waals surface area contributed by atoms with Gasteiger partial charge < -0.3 is 23.9 Å². The number of carboxylic acid groups (broad SMARTS) is 1. The molecule has 5 rings (SSSR count). The van der Waals surface area contributed by atoms with Crippen LogP contribution in [0.4, 0.5) is 0 Å². The molecule has 1 aliphatic rings. The lowest BCUT2D eigenvalue weighted by Gasteiger charge is -2.13. The van der Waals surface area contributed by atoms with Gasteiger partial charge in [-0.3, -0.25) is 0 Å². The van der Waals surface area contributed by atoms with E-state index < -0.39 is 5.97 Å². The molecular formula is C26H22N2O5. The number of aromatic nitrogens is 2. The zero-order chi connectivity index (χ0) is 22.9. The second-order valence-corrected chi connectivity index (χ2v) is 7.67. The highest BCUT2D eigenvalue weighted by atomic mass is 16.5. The highest BCUT2D eigenvalue weighted by Gasteiger charge is 2.21. The maximum atomic E-state index is 11.6. The molecule has 0 aliphatic carbocycles. The highest BCUT2D eigenvalue weighted by molar-refractivity contribution is 5.92. The van der Waals surface area contributed by atoms with Crippen molar-refractivity contribution < 1.29 is 24.1 Å². The Kier molecular flexibility index (Phi) is 5.22. The summed E-state index contributed by atoms with van der Waals surface area (Å²) in [5.41, 5.74) is 5.54. The van der Waals surface area contributed by atoms with E-state index >= 15 is 0 Å². The molecule has 7 nitrogen and oxygen atoms in total. The Morgan fingerprint density at radius 3 is 2.76 bits per heavy atom. The largest absolute Gasteiger partial charge is 0.497 e. The molecule has 33 heavy (non-hydrogen) atoms. The van der Waals surface area contributed by atoms with Crippen molar-refractivity contribution in [3.8, 4) is 17.2 Å². The molecule has 0 bridgehead atoms. The second kappa shape index (κ2) is 8.35. The lowest BCUT2D eigenvalue weighted by Crippen LogP contribution is -2.01. The predicted molar refractivity (Wildman–Crippen MR) is 124 cm³/mol. The summed E-state index contributed by atoms with van der Waals surface area (Å²) in [7, 11) is 3.23. The van der Waals surface area contributed by atoms with Gasteiger partial charge in [0.25, 0.3) is 0 Å². The van der Waals surface area contributed by atoms with E-state index in [2.05, 4.69) is 11.1 Å². The van der Waals surface area contributed by atoms with Gasteiger partial charge in [0.1, 0.15) is 29.4 Å². The topological polar surface area (TPSA) is 82.8 Å². The standard InChI is InChI=1S/C26H22N2O5/c1-31-18-12-22-25(24(13-18)32-2)28(15-27-22)10-9-20-19-6-4-3-5-17(19)14-33-23-8-7-16(26(29)30)11-21(20)23/h3-9,11-13,15H,10,14H2,1-2H3,(H,29,30). The average molecular weight is 442 g/mol. The van der Waals surface area contributed by atoms with Crippen LogP contribution in [0.5, 0.6) is 17.2 Å².